The normalized spacial score (nSPS) is 15.2. The maximum Gasteiger partial charge on any atom is 0.272 e. The van der Waals surface area contributed by atoms with Crippen molar-refractivity contribution in [3.8, 4) is 0 Å². The van der Waals surface area contributed by atoms with E-state index in [2.05, 4.69) is 15.5 Å². The Morgan fingerprint density at radius 1 is 1.41 bits per heavy atom. The fourth-order valence-corrected chi connectivity index (χ4v) is 1.49. The number of allylic oxidation sites excluding steroid dienone is 4. The summed E-state index contributed by atoms with van der Waals surface area (Å²) in [5.74, 6) is -0.0624. The summed E-state index contributed by atoms with van der Waals surface area (Å²) in [4.78, 5) is 15.5. The number of nitrogens with zero attached hydrogens (tertiary/aromatic N) is 2. The zero-order chi connectivity index (χ0) is 12.1. The molecule has 86 valence electrons. The number of amides is 1. The molecule has 0 unspecified atom stereocenters. The molecule has 0 radical (unpaired) electrons. The fraction of sp³-hybridized carbons (Fsp3) is 0.154. The zero-order valence-corrected chi connectivity index (χ0v) is 9.50. The third-order valence-electron chi connectivity index (χ3n) is 2.49. The summed E-state index contributed by atoms with van der Waals surface area (Å²) >= 11 is 0. The van der Waals surface area contributed by atoms with Crippen LogP contribution in [0.3, 0.4) is 0 Å². The maximum absolute atomic E-state index is 11.7. The molecule has 0 fully saturated rings. The van der Waals surface area contributed by atoms with E-state index >= 15 is 0 Å². The molecule has 2 rings (SSSR count). The van der Waals surface area contributed by atoms with Crippen molar-refractivity contribution in [3.05, 3.63) is 54.4 Å². The maximum atomic E-state index is 11.7. The minimum absolute atomic E-state index is 0.184. The molecular weight excluding hydrogens is 214 g/mol. The highest BCUT2D eigenvalue weighted by molar-refractivity contribution is 5.95. The van der Waals surface area contributed by atoms with Gasteiger partial charge >= 0.3 is 0 Å². The molecule has 1 aromatic heterocycles. The zero-order valence-electron chi connectivity index (χ0n) is 9.50. The summed E-state index contributed by atoms with van der Waals surface area (Å²) in [5.41, 5.74) is 3.87. The second kappa shape index (κ2) is 5.21. The first kappa shape index (κ1) is 11.3. The molecule has 0 atom stereocenters. The van der Waals surface area contributed by atoms with Crippen molar-refractivity contribution in [1.82, 2.24) is 10.4 Å². The van der Waals surface area contributed by atoms with Gasteiger partial charge in [0.25, 0.3) is 5.91 Å². The number of nitrogens with one attached hydrogen (secondary N) is 1. The summed E-state index contributed by atoms with van der Waals surface area (Å²) in [6.45, 7) is 1.88. The van der Waals surface area contributed by atoms with Crippen LogP contribution in [0.5, 0.6) is 0 Å². The molecule has 0 spiro atoms. The van der Waals surface area contributed by atoms with E-state index in [1.54, 1.807) is 18.3 Å². The van der Waals surface area contributed by atoms with Crippen LogP contribution in [0.1, 0.15) is 17.3 Å². The quantitative estimate of drug-likeness (QED) is 0.633. The summed E-state index contributed by atoms with van der Waals surface area (Å²) in [6, 6.07) is 3.41. The van der Waals surface area contributed by atoms with Crippen molar-refractivity contribution in [1.29, 1.82) is 0 Å². The van der Waals surface area contributed by atoms with Crippen LogP contribution in [-0.2, 0) is 0 Å². The van der Waals surface area contributed by atoms with E-state index in [0.717, 1.165) is 5.71 Å². The van der Waals surface area contributed by atoms with Gasteiger partial charge in [0, 0.05) is 24.0 Å². The lowest BCUT2D eigenvalue weighted by Gasteiger charge is -2.05. The minimum Gasteiger partial charge on any atom is -0.267 e. The van der Waals surface area contributed by atoms with E-state index in [4.69, 9.17) is 0 Å². The van der Waals surface area contributed by atoms with E-state index < -0.39 is 0 Å². The first-order valence-electron chi connectivity index (χ1n) is 5.37. The Balaban J connectivity index is 1.98. The third kappa shape index (κ3) is 2.87. The van der Waals surface area contributed by atoms with Gasteiger partial charge in [-0.2, -0.15) is 5.10 Å². The van der Waals surface area contributed by atoms with Gasteiger partial charge in [-0.3, -0.25) is 9.78 Å². The Morgan fingerprint density at radius 2 is 2.18 bits per heavy atom. The monoisotopic (exact) mass is 227 g/mol. The molecule has 0 aliphatic heterocycles. The van der Waals surface area contributed by atoms with Crippen LogP contribution in [0.2, 0.25) is 0 Å². The highest BCUT2D eigenvalue weighted by Gasteiger charge is 2.08. The van der Waals surface area contributed by atoms with Crippen molar-refractivity contribution in [3.63, 3.8) is 0 Å². The number of hydrazone groups is 1. The Labute approximate surface area is 99.8 Å². The van der Waals surface area contributed by atoms with E-state index in [1.807, 2.05) is 31.2 Å². The van der Waals surface area contributed by atoms with Gasteiger partial charge in [0.1, 0.15) is 0 Å². The van der Waals surface area contributed by atoms with Crippen molar-refractivity contribution >= 4 is 11.6 Å². The van der Waals surface area contributed by atoms with Gasteiger partial charge in [-0.1, -0.05) is 24.3 Å². The lowest BCUT2D eigenvalue weighted by Crippen LogP contribution is -2.20. The van der Waals surface area contributed by atoms with Crippen LogP contribution in [0, 0.1) is 5.92 Å². The number of aromatic nitrogens is 1. The van der Waals surface area contributed by atoms with Crippen LogP contribution < -0.4 is 5.43 Å². The van der Waals surface area contributed by atoms with Gasteiger partial charge in [0.05, 0.1) is 5.56 Å². The molecule has 0 saturated carbocycles. The van der Waals surface area contributed by atoms with Crippen molar-refractivity contribution < 1.29 is 4.79 Å². The van der Waals surface area contributed by atoms with Crippen LogP contribution in [0.15, 0.2) is 53.9 Å². The second-order valence-electron chi connectivity index (χ2n) is 3.73. The third-order valence-corrected chi connectivity index (χ3v) is 2.49. The molecule has 17 heavy (non-hydrogen) atoms. The Bertz CT molecular complexity index is 477. The van der Waals surface area contributed by atoms with Crippen molar-refractivity contribution in [2.45, 2.75) is 6.92 Å². The summed E-state index contributed by atoms with van der Waals surface area (Å²) in [6.07, 6.45) is 11.1. The number of hydrogen-bond donors (Lipinski definition) is 1. The first-order valence-corrected chi connectivity index (χ1v) is 5.37. The molecule has 4 nitrogen and oxygen atoms in total. The van der Waals surface area contributed by atoms with Gasteiger partial charge in [-0.05, 0) is 19.1 Å². The Kier molecular flexibility index (Phi) is 3.45. The molecular formula is C13H13N3O. The van der Waals surface area contributed by atoms with E-state index in [-0.39, 0.29) is 11.8 Å². The van der Waals surface area contributed by atoms with Crippen LogP contribution in [-0.4, -0.2) is 16.6 Å². The van der Waals surface area contributed by atoms with Gasteiger partial charge in [-0.25, -0.2) is 5.43 Å². The molecule has 1 N–H and O–H groups in total. The van der Waals surface area contributed by atoms with Crippen LogP contribution >= 0.6 is 0 Å². The topological polar surface area (TPSA) is 54.4 Å². The molecule has 1 heterocycles. The molecule has 4 heteroatoms. The van der Waals surface area contributed by atoms with E-state index in [1.165, 1.54) is 6.20 Å². The van der Waals surface area contributed by atoms with Crippen LogP contribution in [0.25, 0.3) is 0 Å². The number of carbonyl (C=O) groups is 1. The van der Waals surface area contributed by atoms with Gasteiger partial charge in [0.15, 0.2) is 0 Å². The number of hydrogen-bond acceptors (Lipinski definition) is 3. The van der Waals surface area contributed by atoms with Gasteiger partial charge in [0.2, 0.25) is 0 Å². The lowest BCUT2D eigenvalue weighted by molar-refractivity contribution is 0.0954. The standard InChI is InChI=1S/C13H13N3O/c1-10(11-5-2-3-6-11)15-16-13(17)12-7-4-8-14-9-12/h2-9,11H,1H3,(H,16,17). The molecule has 1 aliphatic rings. The van der Waals surface area contributed by atoms with Crippen molar-refractivity contribution in [2.24, 2.45) is 11.0 Å². The van der Waals surface area contributed by atoms with Gasteiger partial charge < -0.3 is 0 Å². The molecule has 1 aromatic rings. The van der Waals surface area contributed by atoms with E-state index in [9.17, 15) is 4.79 Å². The van der Waals surface area contributed by atoms with Gasteiger partial charge in [-0.15, -0.1) is 0 Å². The fourth-order valence-electron chi connectivity index (χ4n) is 1.49. The molecule has 0 aromatic carbocycles. The highest BCUT2D eigenvalue weighted by Crippen LogP contribution is 2.10. The molecule has 1 amide bonds. The Hall–Kier alpha value is -2.23. The molecule has 1 aliphatic carbocycles. The largest absolute Gasteiger partial charge is 0.272 e. The Morgan fingerprint density at radius 3 is 2.82 bits per heavy atom. The summed E-state index contributed by atoms with van der Waals surface area (Å²) in [5, 5.41) is 4.07. The smallest absolute Gasteiger partial charge is 0.267 e. The minimum atomic E-state index is -0.247. The predicted molar refractivity (Wildman–Crippen MR) is 66.6 cm³/mol. The summed E-state index contributed by atoms with van der Waals surface area (Å²) < 4.78 is 0. The number of rotatable bonds is 3. The molecule has 0 saturated heterocycles. The lowest BCUT2D eigenvalue weighted by atomic mass is 10.1. The number of pyridine rings is 1. The van der Waals surface area contributed by atoms with Crippen LogP contribution in [0.4, 0.5) is 0 Å². The SMILES string of the molecule is CC(=NNC(=O)c1cccnc1)C1C=CC=C1. The average molecular weight is 227 g/mol. The van der Waals surface area contributed by atoms with Crippen molar-refractivity contribution in [2.75, 3.05) is 0 Å². The predicted octanol–water partition coefficient (Wildman–Crippen LogP) is 1.93. The average Bonchev–Trinajstić information content (AvgIpc) is 2.90. The summed E-state index contributed by atoms with van der Waals surface area (Å²) in [7, 11) is 0. The number of carbonyl (C=O) groups excluding carboxylic acids is 1. The molecule has 0 bridgehead atoms. The second-order valence-corrected chi connectivity index (χ2v) is 3.73. The first-order chi connectivity index (χ1) is 8.27. The van der Waals surface area contributed by atoms with E-state index in [0.29, 0.717) is 5.56 Å². The highest BCUT2D eigenvalue weighted by atomic mass is 16.2.